The van der Waals surface area contributed by atoms with Gasteiger partial charge < -0.3 is 14.4 Å². The number of methoxy groups -OCH3 is 1. The minimum atomic E-state index is -0.586. The first kappa shape index (κ1) is 19.2. The Morgan fingerprint density at radius 2 is 2.00 bits per heavy atom. The van der Waals surface area contributed by atoms with Gasteiger partial charge in [-0.25, -0.2) is 4.39 Å². The summed E-state index contributed by atoms with van der Waals surface area (Å²) in [6, 6.07) is 7.40. The van der Waals surface area contributed by atoms with Crippen molar-refractivity contribution in [2.45, 2.75) is 6.10 Å². The molecular formula is C18H15Cl3FNO3. The molecule has 1 atom stereocenters. The van der Waals surface area contributed by atoms with Crippen LogP contribution in [-0.4, -0.2) is 37.6 Å². The molecule has 0 bridgehead atoms. The predicted molar refractivity (Wildman–Crippen MR) is 99.0 cm³/mol. The van der Waals surface area contributed by atoms with Crippen molar-refractivity contribution in [3.05, 3.63) is 62.3 Å². The summed E-state index contributed by atoms with van der Waals surface area (Å²) in [4.78, 5) is 14.5. The number of amides is 1. The van der Waals surface area contributed by atoms with Crippen LogP contribution in [0.5, 0.6) is 5.75 Å². The maximum absolute atomic E-state index is 13.8. The quantitative estimate of drug-likeness (QED) is 0.658. The molecule has 1 amide bonds. The predicted octanol–water partition coefficient (Wildman–Crippen LogP) is 5.01. The lowest BCUT2D eigenvalue weighted by atomic mass is 10.1. The smallest absolute Gasteiger partial charge is 0.257 e. The number of carbonyl (C=O) groups is 1. The Labute approximate surface area is 165 Å². The molecule has 1 fully saturated rings. The monoisotopic (exact) mass is 417 g/mol. The number of ether oxygens (including phenoxy) is 2. The Bertz CT molecular complexity index is 847. The molecule has 0 saturated carbocycles. The van der Waals surface area contributed by atoms with Crippen LogP contribution in [0.4, 0.5) is 4.39 Å². The molecule has 1 saturated heterocycles. The van der Waals surface area contributed by atoms with E-state index in [4.69, 9.17) is 44.3 Å². The van der Waals surface area contributed by atoms with Crippen LogP contribution in [0.1, 0.15) is 22.0 Å². The normalized spacial score (nSPS) is 17.3. The topological polar surface area (TPSA) is 38.8 Å². The highest BCUT2D eigenvalue weighted by Crippen LogP contribution is 2.33. The molecule has 3 rings (SSSR count). The maximum Gasteiger partial charge on any atom is 0.257 e. The van der Waals surface area contributed by atoms with E-state index in [0.29, 0.717) is 40.1 Å². The van der Waals surface area contributed by atoms with E-state index in [9.17, 15) is 9.18 Å². The summed E-state index contributed by atoms with van der Waals surface area (Å²) in [6.45, 7) is 0.924. The lowest BCUT2D eigenvalue weighted by Gasteiger charge is -2.34. The summed E-state index contributed by atoms with van der Waals surface area (Å²) >= 11 is 17.9. The first-order valence-corrected chi connectivity index (χ1v) is 8.93. The third-order valence-electron chi connectivity index (χ3n) is 4.13. The van der Waals surface area contributed by atoms with Gasteiger partial charge >= 0.3 is 0 Å². The van der Waals surface area contributed by atoms with Crippen LogP contribution in [0.15, 0.2) is 30.3 Å². The SMILES string of the molecule is COc1cc(Cl)ccc1C(=O)N1CCOC(c2cc(F)c(Cl)cc2Cl)C1. The number of benzene rings is 2. The van der Waals surface area contributed by atoms with E-state index < -0.39 is 11.9 Å². The molecule has 0 aliphatic carbocycles. The zero-order chi connectivity index (χ0) is 18.8. The number of nitrogens with zero attached hydrogens (tertiary/aromatic N) is 1. The molecule has 4 nitrogen and oxygen atoms in total. The van der Waals surface area contributed by atoms with Crippen molar-refractivity contribution in [1.82, 2.24) is 4.90 Å². The minimum Gasteiger partial charge on any atom is -0.496 e. The summed E-state index contributed by atoms with van der Waals surface area (Å²) in [6.07, 6.45) is -0.551. The molecule has 0 aromatic heterocycles. The molecule has 0 N–H and O–H groups in total. The zero-order valence-electron chi connectivity index (χ0n) is 13.8. The third kappa shape index (κ3) is 3.91. The molecule has 1 heterocycles. The first-order chi connectivity index (χ1) is 12.4. The highest BCUT2D eigenvalue weighted by atomic mass is 35.5. The fraction of sp³-hybridized carbons (Fsp3) is 0.278. The Kier molecular flexibility index (Phi) is 5.92. The second kappa shape index (κ2) is 8.01. The fourth-order valence-corrected chi connectivity index (χ4v) is 3.49. The highest BCUT2D eigenvalue weighted by Gasteiger charge is 2.29. The van der Waals surface area contributed by atoms with Gasteiger partial charge in [0.15, 0.2) is 0 Å². The molecule has 26 heavy (non-hydrogen) atoms. The molecule has 1 aliphatic rings. The molecule has 138 valence electrons. The van der Waals surface area contributed by atoms with Gasteiger partial charge in [0.2, 0.25) is 0 Å². The minimum absolute atomic E-state index is 0.0617. The summed E-state index contributed by atoms with van der Waals surface area (Å²) in [7, 11) is 1.47. The van der Waals surface area contributed by atoms with E-state index in [1.54, 1.807) is 23.1 Å². The molecule has 1 aliphatic heterocycles. The van der Waals surface area contributed by atoms with Gasteiger partial charge in [-0.15, -0.1) is 0 Å². The number of hydrogen-bond acceptors (Lipinski definition) is 3. The fourth-order valence-electron chi connectivity index (χ4n) is 2.82. The van der Waals surface area contributed by atoms with Crippen LogP contribution in [-0.2, 0) is 4.74 Å². The van der Waals surface area contributed by atoms with Gasteiger partial charge in [0.1, 0.15) is 17.7 Å². The van der Waals surface area contributed by atoms with Crippen molar-refractivity contribution in [2.24, 2.45) is 0 Å². The number of morpholine rings is 1. The summed E-state index contributed by atoms with van der Waals surface area (Å²) in [5, 5.41) is 0.704. The molecule has 2 aromatic rings. The van der Waals surface area contributed by atoms with Crippen molar-refractivity contribution < 1.29 is 18.7 Å². The van der Waals surface area contributed by atoms with Gasteiger partial charge in [0, 0.05) is 22.2 Å². The van der Waals surface area contributed by atoms with Crippen LogP contribution in [0, 0.1) is 5.82 Å². The van der Waals surface area contributed by atoms with Gasteiger partial charge in [-0.2, -0.15) is 0 Å². The standard InChI is InChI=1S/C18H15Cl3FNO3/c1-25-16-6-10(19)2-3-11(16)18(24)23-4-5-26-17(9-23)12-7-15(22)14(21)8-13(12)20/h2-3,6-8,17H,4-5,9H2,1H3. The Morgan fingerprint density at radius 1 is 1.23 bits per heavy atom. The van der Waals surface area contributed by atoms with Gasteiger partial charge in [0.05, 0.1) is 30.8 Å². The summed E-state index contributed by atoms with van der Waals surface area (Å²) in [5.74, 6) is -0.420. The van der Waals surface area contributed by atoms with Crippen molar-refractivity contribution in [1.29, 1.82) is 0 Å². The zero-order valence-corrected chi connectivity index (χ0v) is 16.0. The van der Waals surface area contributed by atoms with Crippen LogP contribution >= 0.6 is 34.8 Å². The van der Waals surface area contributed by atoms with Gasteiger partial charge in [-0.05, 0) is 30.3 Å². The molecule has 8 heteroatoms. The second-order valence-electron chi connectivity index (χ2n) is 5.74. The average molecular weight is 419 g/mol. The Morgan fingerprint density at radius 3 is 2.73 bits per heavy atom. The number of rotatable bonds is 3. The molecule has 1 unspecified atom stereocenters. The van der Waals surface area contributed by atoms with Crippen LogP contribution in [0.25, 0.3) is 0 Å². The number of carbonyl (C=O) groups excluding carboxylic acids is 1. The van der Waals surface area contributed by atoms with Crippen molar-refractivity contribution in [2.75, 3.05) is 26.8 Å². The van der Waals surface area contributed by atoms with E-state index in [2.05, 4.69) is 0 Å². The molecular weight excluding hydrogens is 404 g/mol. The lowest BCUT2D eigenvalue weighted by molar-refractivity contribution is -0.0229. The number of hydrogen-bond donors (Lipinski definition) is 0. The van der Waals surface area contributed by atoms with E-state index in [1.807, 2.05) is 0 Å². The molecule has 2 aromatic carbocycles. The van der Waals surface area contributed by atoms with Gasteiger partial charge in [0.25, 0.3) is 5.91 Å². The van der Waals surface area contributed by atoms with E-state index >= 15 is 0 Å². The second-order valence-corrected chi connectivity index (χ2v) is 6.99. The van der Waals surface area contributed by atoms with Gasteiger partial charge in [-0.1, -0.05) is 34.8 Å². The molecule has 0 radical (unpaired) electrons. The van der Waals surface area contributed by atoms with Gasteiger partial charge in [-0.3, -0.25) is 4.79 Å². The third-order valence-corrected chi connectivity index (χ3v) is 4.99. The van der Waals surface area contributed by atoms with E-state index in [0.717, 1.165) is 0 Å². The van der Waals surface area contributed by atoms with Crippen LogP contribution < -0.4 is 4.74 Å². The van der Waals surface area contributed by atoms with Crippen molar-refractivity contribution in [3.63, 3.8) is 0 Å². The van der Waals surface area contributed by atoms with Crippen molar-refractivity contribution in [3.8, 4) is 5.75 Å². The van der Waals surface area contributed by atoms with Crippen LogP contribution in [0.3, 0.4) is 0 Å². The maximum atomic E-state index is 13.8. The summed E-state index contributed by atoms with van der Waals surface area (Å²) < 4.78 is 24.8. The highest BCUT2D eigenvalue weighted by molar-refractivity contribution is 6.35. The van der Waals surface area contributed by atoms with E-state index in [1.165, 1.54) is 19.2 Å². The average Bonchev–Trinajstić information content (AvgIpc) is 2.64. The van der Waals surface area contributed by atoms with Crippen LogP contribution in [0.2, 0.25) is 15.1 Å². The Balaban J connectivity index is 1.85. The molecule has 0 spiro atoms. The first-order valence-electron chi connectivity index (χ1n) is 7.79. The Hall–Kier alpha value is -1.53. The van der Waals surface area contributed by atoms with Crippen molar-refractivity contribution >= 4 is 40.7 Å². The number of halogens is 4. The summed E-state index contributed by atoms with van der Waals surface area (Å²) in [5.41, 5.74) is 0.847. The van der Waals surface area contributed by atoms with E-state index in [-0.39, 0.29) is 17.5 Å². The lowest BCUT2D eigenvalue weighted by Crippen LogP contribution is -2.42. The largest absolute Gasteiger partial charge is 0.496 e.